The van der Waals surface area contributed by atoms with Crippen molar-refractivity contribution in [2.24, 2.45) is 57.9 Å². The molecule has 0 saturated carbocycles. The zero-order chi connectivity index (χ0) is 109. The molecule has 15 atom stereocenters. The summed E-state index contributed by atoms with van der Waals surface area (Å²) in [6, 6.07) is -7.92. The van der Waals surface area contributed by atoms with E-state index in [9.17, 15) is 96.5 Å². The molecular weight excluding hydrogens is 1880 g/mol. The maximum Gasteiger partial charge on any atom is 0.326 e. The minimum Gasteiger partial charge on any atom is -0.508 e. The number of carboxylic acids is 1. The third kappa shape index (κ3) is 52.0. The van der Waals surface area contributed by atoms with E-state index in [0.29, 0.717) is 17.5 Å². The van der Waals surface area contributed by atoms with E-state index >= 15 is 0 Å². The highest BCUT2D eigenvalue weighted by atomic mass is 16.4. The summed E-state index contributed by atoms with van der Waals surface area (Å²) in [6.07, 6.45) is -0.638. The van der Waals surface area contributed by atoms with Crippen LogP contribution in [0.3, 0.4) is 0 Å². The summed E-state index contributed by atoms with van der Waals surface area (Å²) in [5.74, 6) is -20.9. The fourth-order valence-corrected chi connectivity index (χ4v) is 13.6. The van der Waals surface area contributed by atoms with Crippen molar-refractivity contribution >= 4 is 142 Å². The molecule has 144 heavy (non-hydrogen) atoms. The van der Waals surface area contributed by atoms with Crippen LogP contribution in [0.4, 0.5) is 0 Å². The van der Waals surface area contributed by atoms with E-state index in [4.69, 9.17) is 72.6 Å². The number of phenolic OH excluding ortho intramolecular Hbond substituents is 1. The molecule has 0 spiro atoms. The summed E-state index contributed by atoms with van der Waals surface area (Å²) in [5, 5.41) is 123. The summed E-state index contributed by atoms with van der Waals surface area (Å²) < 4.78 is 0. The number of carboxylic acid groups (broad SMARTS) is 1. The first-order valence-electron chi connectivity index (χ1n) is 47.0. The lowest BCUT2D eigenvalue weighted by Gasteiger charge is -2.28. The predicted octanol–water partition coefficient (Wildman–Crippen LogP) is -10.3. The first-order chi connectivity index (χ1) is 67.7. The average Bonchev–Trinajstić information content (AvgIpc) is 0.850. The van der Waals surface area contributed by atoms with Crippen LogP contribution < -0.4 is 162 Å². The number of rotatable bonds is 67. The number of nitrogens with one attached hydrogen (secondary N) is 29. The van der Waals surface area contributed by atoms with Gasteiger partial charge in [-0.15, -0.1) is 0 Å². The van der Waals surface area contributed by atoms with Crippen molar-refractivity contribution < 1.29 is 96.5 Å². The number of aromatic hydroxyl groups is 1. The monoisotopic (exact) mass is 2030 g/mol. The number of hydrogen-bond donors (Lipinski definition) is 38. The van der Waals surface area contributed by atoms with Crippen LogP contribution in [0.15, 0.2) is 54.6 Å². The minimum absolute atomic E-state index is 0.00320. The molecule has 0 aliphatic heterocycles. The largest absolute Gasteiger partial charge is 0.508 e. The second-order valence-electron chi connectivity index (χ2n) is 35.2. The van der Waals surface area contributed by atoms with Gasteiger partial charge in [0.25, 0.3) is 0 Å². The molecule has 56 nitrogen and oxygen atoms in total. The Kier molecular flexibility index (Phi) is 57.0. The van der Waals surface area contributed by atoms with Gasteiger partial charge in [0.2, 0.25) is 100 Å². The molecule has 0 unspecified atom stereocenters. The lowest BCUT2D eigenvalue weighted by Crippen LogP contribution is -2.61. The molecule has 0 aliphatic carbocycles. The van der Waals surface area contributed by atoms with Gasteiger partial charge in [0, 0.05) is 52.1 Å². The van der Waals surface area contributed by atoms with E-state index in [1.54, 1.807) is 71.9 Å². The number of guanidine groups is 6. The van der Waals surface area contributed by atoms with Crippen LogP contribution in [0.25, 0.3) is 0 Å². The second-order valence-corrected chi connectivity index (χ2v) is 35.2. The molecule has 802 valence electrons. The van der Waals surface area contributed by atoms with Gasteiger partial charge in [-0.3, -0.25) is 114 Å². The fraction of sp³-hybridized carbons (Fsp3) is 0.591. The van der Waals surface area contributed by atoms with Gasteiger partial charge in [0.1, 0.15) is 90.3 Å². The topological polar surface area (TPSA) is 950 Å². The number of carbonyl (C=O) groups excluding carboxylic acids is 17. The zero-order valence-corrected chi connectivity index (χ0v) is 82.8. The molecule has 45 N–H and O–H groups in total. The average molecular weight is 2030 g/mol. The zero-order valence-electron chi connectivity index (χ0n) is 82.8. The highest BCUT2D eigenvalue weighted by molar-refractivity contribution is 6.01. The molecule has 0 aliphatic rings. The third-order valence-corrected chi connectivity index (χ3v) is 21.5. The van der Waals surface area contributed by atoms with E-state index in [-0.39, 0.29) is 159 Å². The Hall–Kier alpha value is -15.7. The molecule has 0 bridgehead atoms. The molecule has 0 saturated heterocycles. The SMILES string of the molecule is CC(C)C[C@H](NC(=O)[C@H](CCCNC(=N)N)NC(=O)CNC(=O)CNC(=O)[C@@H](N)CCCNC(=N)N)C(=O)N[C@@H](C)C(=O)N[C@@H](Cc1ccc(O)cc1)C(=O)N[C@@H](C)C(=O)N[C@@H](CCCNC(=N)N)C(=O)N[C@@H](CCCNC(=N)N)C(=O)N[C@@H](CCCNC(=N)N)C(=O)N[C@@H](Cc1ccccc1)C(=O)N[C@@H](C)C(=O)N[C@H](C(=O)N[C@@H](C)C(=O)N[C@H](C(=O)NCC(=O)N[C@@H](CCCNC(=N)N)C(=O)O)C(C)C)C(C)C. The Morgan fingerprint density at radius 1 is 0.278 bits per heavy atom. The smallest absolute Gasteiger partial charge is 0.326 e. The van der Waals surface area contributed by atoms with E-state index in [1.165, 1.54) is 52.0 Å². The highest BCUT2D eigenvalue weighted by Gasteiger charge is 2.38. The van der Waals surface area contributed by atoms with Crippen LogP contribution >= 0.6 is 0 Å². The first-order valence-corrected chi connectivity index (χ1v) is 47.0. The third-order valence-electron chi connectivity index (χ3n) is 21.5. The number of carbonyl (C=O) groups is 18. The van der Waals surface area contributed by atoms with Gasteiger partial charge in [-0.05, 0) is 152 Å². The summed E-state index contributed by atoms with van der Waals surface area (Å²) in [5.41, 5.74) is 39.5. The van der Waals surface area contributed by atoms with Gasteiger partial charge >= 0.3 is 5.97 Å². The number of nitrogens with two attached hydrogens (primary N) is 7. The van der Waals surface area contributed by atoms with Crippen LogP contribution in [0.2, 0.25) is 0 Å². The van der Waals surface area contributed by atoms with Crippen LogP contribution in [0, 0.1) is 50.2 Å². The van der Waals surface area contributed by atoms with Crippen molar-refractivity contribution in [1.29, 1.82) is 32.5 Å². The van der Waals surface area contributed by atoms with E-state index in [2.05, 4.69) is 122 Å². The summed E-state index contributed by atoms with van der Waals surface area (Å²) in [4.78, 5) is 250. The quantitative estimate of drug-likeness (QED) is 0.0166. The Balaban J connectivity index is 2.52. The Morgan fingerprint density at radius 2 is 0.549 bits per heavy atom. The summed E-state index contributed by atoms with van der Waals surface area (Å²) in [7, 11) is 0. The number of amides is 17. The lowest BCUT2D eigenvalue weighted by molar-refractivity contribution is -0.142. The van der Waals surface area contributed by atoms with Crippen molar-refractivity contribution in [3.05, 3.63) is 65.7 Å². The number of hydrogen-bond acceptors (Lipinski definition) is 26. The molecule has 0 fully saturated rings. The van der Waals surface area contributed by atoms with Gasteiger partial charge in [-0.25, -0.2) is 4.79 Å². The van der Waals surface area contributed by atoms with Gasteiger partial charge in [0.15, 0.2) is 35.8 Å². The van der Waals surface area contributed by atoms with Crippen molar-refractivity contribution in [2.75, 3.05) is 58.9 Å². The second kappa shape index (κ2) is 66.1. The molecule has 0 aromatic heterocycles. The van der Waals surface area contributed by atoms with Crippen molar-refractivity contribution in [2.45, 2.75) is 256 Å². The maximum absolute atomic E-state index is 15.0. The lowest BCUT2D eigenvalue weighted by atomic mass is 10.0. The van der Waals surface area contributed by atoms with Gasteiger partial charge < -0.3 is 173 Å². The number of benzene rings is 2. The molecule has 0 radical (unpaired) electrons. The van der Waals surface area contributed by atoms with Gasteiger partial charge in [-0.1, -0.05) is 84.0 Å². The van der Waals surface area contributed by atoms with Crippen LogP contribution in [0.1, 0.15) is 164 Å². The maximum atomic E-state index is 15.0. The van der Waals surface area contributed by atoms with Crippen molar-refractivity contribution in [3.63, 3.8) is 0 Å². The standard InChI is InChI=1S/C88H150N36O20/c1-44(2)38-60(121-73(134)55(23-15-33-103-84(92)93)115-64(127)42-108-63(126)41-109-72(133)54(89)22-14-32-102-83(90)91)77(138)111-48(8)69(130)120-61(40-52-28-30-53(125)31-29-52)78(139)112-47(7)68(129)117-56(24-16-34-104-85(94)95)74(135)118-57(25-17-35-105-86(96)97)75(136)119-58(26-18-36-106-87(98)99)76(137)122-62(39-51-20-12-11-13-21-51)79(140)113-49(9)70(131)124-67(46(5)6)81(142)114-50(10)71(132)123-66(45(3)4)80(141)110-43-65(128)116-59(82(143)144)27-19-37-107-88(100)101/h11-13,20-21,28-31,44-50,54-62,66-67,125H,14-19,22-27,32-43,89H2,1-10H3,(H,108,126)(H,109,133)(H,110,141)(H,111,138)(H,112,139)(H,113,140)(H,114,142)(H,115,127)(H,116,128)(H,117,129)(H,118,135)(H,119,136)(H,120,130)(H,121,134)(H,122,137)(H,123,132)(H,124,131)(H,143,144)(H4,90,91,102)(H4,92,93,103)(H4,94,95,104)(H4,96,97,105)(H4,98,99,106)(H4,100,101,107)/t47-,48-,49-,50-,54-,55-,56-,57-,58-,59-,60-,61-,62-,66-,67-/m0/s1. The molecule has 2 aromatic carbocycles. The highest BCUT2D eigenvalue weighted by Crippen LogP contribution is 2.16. The molecule has 17 amide bonds. The van der Waals surface area contributed by atoms with E-state index in [0.717, 1.165) is 0 Å². The van der Waals surface area contributed by atoms with E-state index < -0.39 is 246 Å². The number of aliphatic carboxylic acids is 1. The normalized spacial score (nSPS) is 14.0. The van der Waals surface area contributed by atoms with Crippen molar-refractivity contribution in [1.82, 2.24) is 122 Å². The first kappa shape index (κ1) is 124. The van der Waals surface area contributed by atoms with Gasteiger partial charge in [-0.2, -0.15) is 0 Å². The van der Waals surface area contributed by atoms with Crippen molar-refractivity contribution in [3.8, 4) is 5.75 Å². The van der Waals surface area contributed by atoms with Crippen LogP contribution in [-0.4, -0.2) is 302 Å². The molecule has 56 heteroatoms. The summed E-state index contributed by atoms with van der Waals surface area (Å²) >= 11 is 0. The Bertz CT molecular complexity index is 4690. The van der Waals surface area contributed by atoms with Crippen LogP contribution in [-0.2, 0) is 99.1 Å². The van der Waals surface area contributed by atoms with E-state index in [1.807, 2.05) is 0 Å². The predicted molar refractivity (Wildman–Crippen MR) is 530 cm³/mol. The molecule has 2 rings (SSSR count). The molecular formula is C88H150N36O20. The number of phenols is 1. The minimum atomic E-state index is -1.62. The Labute approximate surface area is 834 Å². The Morgan fingerprint density at radius 3 is 0.910 bits per heavy atom. The molecule has 0 heterocycles. The fourth-order valence-electron chi connectivity index (χ4n) is 13.6. The van der Waals surface area contributed by atoms with Gasteiger partial charge in [0.05, 0.1) is 25.7 Å². The molecule has 2 aromatic rings. The summed E-state index contributed by atoms with van der Waals surface area (Å²) in [6.45, 7) is 13.2. The van der Waals surface area contributed by atoms with Crippen LogP contribution in [0.5, 0.6) is 5.75 Å².